The van der Waals surface area contributed by atoms with E-state index in [0.29, 0.717) is 17.7 Å². The fourth-order valence-corrected chi connectivity index (χ4v) is 3.08. The van der Waals surface area contributed by atoms with Crippen LogP contribution in [0.1, 0.15) is 31.4 Å². The van der Waals surface area contributed by atoms with Gasteiger partial charge in [-0.2, -0.15) is 0 Å². The molecular formula is C23H23NO2. The maximum absolute atomic E-state index is 13.1. The molecule has 3 rings (SSSR count). The lowest BCUT2D eigenvalue weighted by atomic mass is 9.95. The first kappa shape index (κ1) is 17.9. The first-order valence-corrected chi connectivity index (χ1v) is 8.82. The average molecular weight is 345 g/mol. The fourth-order valence-electron chi connectivity index (χ4n) is 3.08. The summed E-state index contributed by atoms with van der Waals surface area (Å²) in [5.74, 6) is -0.827. The lowest BCUT2D eigenvalue weighted by Crippen LogP contribution is -2.30. The van der Waals surface area contributed by atoms with Crippen LogP contribution in [0.15, 0.2) is 71.8 Å². The van der Waals surface area contributed by atoms with Crippen molar-refractivity contribution in [3.8, 4) is 0 Å². The minimum absolute atomic E-state index is 0.154. The summed E-state index contributed by atoms with van der Waals surface area (Å²) in [6, 6.07) is 17.2. The van der Waals surface area contributed by atoms with Crippen molar-refractivity contribution in [3.05, 3.63) is 82.9 Å². The first-order valence-electron chi connectivity index (χ1n) is 8.82. The van der Waals surface area contributed by atoms with E-state index in [-0.39, 0.29) is 11.8 Å². The van der Waals surface area contributed by atoms with Crippen LogP contribution in [0, 0.1) is 12.8 Å². The third-order valence-electron chi connectivity index (χ3n) is 4.52. The highest BCUT2D eigenvalue weighted by molar-refractivity contribution is 6.30. The van der Waals surface area contributed by atoms with Gasteiger partial charge in [0.05, 0.1) is 11.6 Å². The standard InChI is InChI=1S/C23H23NO2/c1-16(2)9-14-20-21(15-18-7-5-4-6-8-18)23(26)24(22(20)25)19-12-10-17(3)11-13-19/h4-13,15,20H,14H2,1-3H3/b21-15+. The minimum atomic E-state index is -0.445. The van der Waals surface area contributed by atoms with Gasteiger partial charge in [-0.3, -0.25) is 9.59 Å². The topological polar surface area (TPSA) is 37.4 Å². The number of benzene rings is 2. The molecule has 132 valence electrons. The van der Waals surface area contributed by atoms with Gasteiger partial charge in [-0.1, -0.05) is 59.7 Å². The molecule has 0 N–H and O–H groups in total. The Hall–Kier alpha value is -2.94. The molecular weight excluding hydrogens is 322 g/mol. The number of anilines is 1. The number of carbonyl (C=O) groups excluding carboxylic acids is 2. The average Bonchev–Trinajstić information content (AvgIpc) is 2.85. The molecule has 1 saturated heterocycles. The predicted molar refractivity (Wildman–Crippen MR) is 106 cm³/mol. The fraction of sp³-hybridized carbons (Fsp3) is 0.217. The highest BCUT2D eigenvalue weighted by atomic mass is 16.2. The molecule has 1 unspecified atom stereocenters. The van der Waals surface area contributed by atoms with Crippen molar-refractivity contribution in [2.45, 2.75) is 27.2 Å². The summed E-state index contributed by atoms with van der Waals surface area (Å²) in [5.41, 5.74) is 4.34. The maximum Gasteiger partial charge on any atom is 0.261 e. The highest BCUT2D eigenvalue weighted by Gasteiger charge is 2.43. The lowest BCUT2D eigenvalue weighted by molar-refractivity contribution is -0.122. The predicted octanol–water partition coefficient (Wildman–Crippen LogP) is 4.92. The van der Waals surface area contributed by atoms with E-state index in [1.807, 2.05) is 87.5 Å². The Kier molecular flexibility index (Phi) is 5.17. The molecule has 1 aliphatic heterocycles. The molecule has 0 spiro atoms. The van der Waals surface area contributed by atoms with Gasteiger partial charge in [0.25, 0.3) is 5.91 Å². The molecule has 1 fully saturated rings. The number of rotatable bonds is 4. The Labute approximate surface area is 154 Å². The van der Waals surface area contributed by atoms with E-state index in [0.717, 1.165) is 16.7 Å². The van der Waals surface area contributed by atoms with Crippen LogP contribution in [-0.2, 0) is 9.59 Å². The van der Waals surface area contributed by atoms with E-state index in [4.69, 9.17) is 0 Å². The zero-order valence-corrected chi connectivity index (χ0v) is 15.4. The maximum atomic E-state index is 13.1. The summed E-state index contributed by atoms with van der Waals surface area (Å²) in [7, 11) is 0. The molecule has 3 nitrogen and oxygen atoms in total. The van der Waals surface area contributed by atoms with Gasteiger partial charge in [-0.25, -0.2) is 4.90 Å². The molecule has 2 aromatic carbocycles. The van der Waals surface area contributed by atoms with Crippen molar-refractivity contribution in [1.29, 1.82) is 0 Å². The van der Waals surface area contributed by atoms with Crippen LogP contribution in [0.25, 0.3) is 6.08 Å². The van der Waals surface area contributed by atoms with E-state index in [1.54, 1.807) is 0 Å². The van der Waals surface area contributed by atoms with Gasteiger partial charge in [0.15, 0.2) is 0 Å². The summed E-state index contributed by atoms with van der Waals surface area (Å²) in [4.78, 5) is 27.4. The van der Waals surface area contributed by atoms with Gasteiger partial charge in [0.2, 0.25) is 5.91 Å². The van der Waals surface area contributed by atoms with Crippen molar-refractivity contribution >= 4 is 23.6 Å². The molecule has 0 aliphatic carbocycles. The summed E-state index contributed by atoms with van der Waals surface area (Å²) < 4.78 is 0. The van der Waals surface area contributed by atoms with Gasteiger partial charge in [0, 0.05) is 5.57 Å². The van der Waals surface area contributed by atoms with Gasteiger partial charge < -0.3 is 0 Å². The summed E-state index contributed by atoms with van der Waals surface area (Å²) >= 11 is 0. The van der Waals surface area contributed by atoms with Crippen LogP contribution >= 0.6 is 0 Å². The van der Waals surface area contributed by atoms with Crippen molar-refractivity contribution in [3.63, 3.8) is 0 Å². The molecule has 2 aromatic rings. The van der Waals surface area contributed by atoms with E-state index >= 15 is 0 Å². The highest BCUT2D eigenvalue weighted by Crippen LogP contribution is 2.34. The Bertz CT molecular complexity index is 872. The van der Waals surface area contributed by atoms with Gasteiger partial charge >= 0.3 is 0 Å². The Morgan fingerprint density at radius 1 is 1.00 bits per heavy atom. The smallest absolute Gasteiger partial charge is 0.261 e. The zero-order valence-electron chi connectivity index (χ0n) is 15.4. The second kappa shape index (κ2) is 7.52. The number of nitrogens with zero attached hydrogens (tertiary/aromatic N) is 1. The van der Waals surface area contributed by atoms with Crippen LogP contribution in [0.3, 0.4) is 0 Å². The van der Waals surface area contributed by atoms with Crippen molar-refractivity contribution in [1.82, 2.24) is 0 Å². The second-order valence-electron chi connectivity index (χ2n) is 6.89. The normalized spacial score (nSPS) is 18.5. The summed E-state index contributed by atoms with van der Waals surface area (Å²) in [6.07, 6.45) is 4.40. The minimum Gasteiger partial charge on any atom is -0.273 e. The monoisotopic (exact) mass is 345 g/mol. The van der Waals surface area contributed by atoms with Crippen LogP contribution in [0.4, 0.5) is 5.69 Å². The quantitative estimate of drug-likeness (QED) is 0.448. The molecule has 1 atom stereocenters. The van der Waals surface area contributed by atoms with E-state index < -0.39 is 5.92 Å². The molecule has 2 amide bonds. The van der Waals surface area contributed by atoms with Gasteiger partial charge in [0.1, 0.15) is 0 Å². The van der Waals surface area contributed by atoms with Crippen LogP contribution in [0.2, 0.25) is 0 Å². The number of aryl methyl sites for hydroxylation is 1. The molecule has 26 heavy (non-hydrogen) atoms. The Morgan fingerprint density at radius 2 is 1.65 bits per heavy atom. The number of hydrogen-bond acceptors (Lipinski definition) is 2. The molecule has 0 bridgehead atoms. The van der Waals surface area contributed by atoms with Crippen molar-refractivity contribution in [2.24, 2.45) is 5.92 Å². The number of allylic oxidation sites excluding steroid dienone is 2. The zero-order chi connectivity index (χ0) is 18.7. The number of amides is 2. The Morgan fingerprint density at radius 3 is 2.27 bits per heavy atom. The van der Waals surface area contributed by atoms with Crippen LogP contribution < -0.4 is 4.90 Å². The van der Waals surface area contributed by atoms with E-state index in [1.165, 1.54) is 4.90 Å². The van der Waals surface area contributed by atoms with Crippen molar-refractivity contribution < 1.29 is 9.59 Å². The molecule has 0 aromatic heterocycles. The van der Waals surface area contributed by atoms with Gasteiger partial charge in [-0.15, -0.1) is 0 Å². The third kappa shape index (κ3) is 3.67. The summed E-state index contributed by atoms with van der Waals surface area (Å²) in [5, 5.41) is 0. The number of carbonyl (C=O) groups is 2. The largest absolute Gasteiger partial charge is 0.273 e. The number of hydrogen-bond donors (Lipinski definition) is 0. The molecule has 3 heteroatoms. The SMILES string of the molecule is CC(C)=CCC1C(=O)N(c2ccc(C)cc2)C(=O)/C1=C/c1ccccc1. The number of imide groups is 1. The molecule has 1 aliphatic rings. The van der Waals surface area contributed by atoms with Crippen LogP contribution in [-0.4, -0.2) is 11.8 Å². The molecule has 0 saturated carbocycles. The van der Waals surface area contributed by atoms with Crippen molar-refractivity contribution in [2.75, 3.05) is 4.90 Å². The van der Waals surface area contributed by atoms with E-state index in [9.17, 15) is 9.59 Å². The van der Waals surface area contributed by atoms with E-state index in [2.05, 4.69) is 0 Å². The lowest BCUT2D eigenvalue weighted by Gasteiger charge is -2.14. The molecule has 1 heterocycles. The van der Waals surface area contributed by atoms with Crippen LogP contribution in [0.5, 0.6) is 0 Å². The third-order valence-corrected chi connectivity index (χ3v) is 4.52. The summed E-state index contributed by atoms with van der Waals surface area (Å²) in [6.45, 7) is 5.98. The Balaban J connectivity index is 2.03. The first-order chi connectivity index (χ1) is 12.5. The second-order valence-corrected chi connectivity index (χ2v) is 6.89. The molecule has 0 radical (unpaired) electrons. The van der Waals surface area contributed by atoms with Gasteiger partial charge in [-0.05, 0) is 51.0 Å².